The molecule has 0 amide bonds. The fraction of sp³-hybridized carbons (Fsp3) is 0.417. The number of benzene rings is 1. The number of carboxylic acid groups (broad SMARTS) is 1. The van der Waals surface area contributed by atoms with Crippen molar-refractivity contribution in [2.75, 3.05) is 5.75 Å². The van der Waals surface area contributed by atoms with Gasteiger partial charge < -0.3 is 5.11 Å². The van der Waals surface area contributed by atoms with Crippen molar-refractivity contribution in [1.82, 2.24) is 0 Å². The van der Waals surface area contributed by atoms with Gasteiger partial charge >= 0.3 is 12.1 Å². The van der Waals surface area contributed by atoms with Gasteiger partial charge in [0.2, 0.25) is 0 Å². The summed E-state index contributed by atoms with van der Waals surface area (Å²) in [6, 6.07) is 2.50. The SMILES string of the molecule is O=C(O)CCC1CS(=O)(=O)c2ccc(C(F)(F)F)cc21. The lowest BCUT2D eigenvalue weighted by Gasteiger charge is -2.11. The minimum absolute atomic E-state index is 0.00285. The van der Waals surface area contributed by atoms with E-state index in [4.69, 9.17) is 5.11 Å². The minimum atomic E-state index is -4.56. The molecular weight excluding hydrogens is 297 g/mol. The number of alkyl halides is 3. The average molecular weight is 308 g/mol. The summed E-state index contributed by atoms with van der Waals surface area (Å²) in [4.78, 5) is 10.4. The molecule has 1 aromatic carbocycles. The molecule has 8 heteroatoms. The number of aliphatic carboxylic acids is 1. The van der Waals surface area contributed by atoms with E-state index >= 15 is 0 Å². The molecule has 0 radical (unpaired) electrons. The molecule has 1 N–H and O–H groups in total. The zero-order valence-electron chi connectivity index (χ0n) is 10.1. The van der Waals surface area contributed by atoms with E-state index in [-0.39, 0.29) is 29.1 Å². The number of hydrogen-bond donors (Lipinski definition) is 1. The van der Waals surface area contributed by atoms with Crippen LogP contribution in [0.15, 0.2) is 23.1 Å². The molecule has 20 heavy (non-hydrogen) atoms. The molecule has 0 spiro atoms. The smallest absolute Gasteiger partial charge is 0.416 e. The minimum Gasteiger partial charge on any atom is -0.481 e. The van der Waals surface area contributed by atoms with Gasteiger partial charge in [0.15, 0.2) is 9.84 Å². The summed E-state index contributed by atoms with van der Waals surface area (Å²) in [6.45, 7) is 0. The standard InChI is InChI=1S/C12H11F3O4S/c13-12(14,15)8-2-3-10-9(5-8)7(1-4-11(16)17)6-20(10,18)19/h2-3,5,7H,1,4,6H2,(H,16,17). The number of sulfone groups is 1. The number of carboxylic acids is 1. The summed E-state index contributed by atoms with van der Waals surface area (Å²) >= 11 is 0. The maximum Gasteiger partial charge on any atom is 0.416 e. The van der Waals surface area contributed by atoms with Crippen molar-refractivity contribution in [3.05, 3.63) is 29.3 Å². The van der Waals surface area contributed by atoms with Gasteiger partial charge in [-0.1, -0.05) is 0 Å². The van der Waals surface area contributed by atoms with Crippen LogP contribution >= 0.6 is 0 Å². The Balaban J connectivity index is 2.43. The Labute approximate surface area is 113 Å². The molecule has 1 aromatic rings. The summed E-state index contributed by atoms with van der Waals surface area (Å²) in [6.07, 6.45) is -4.84. The highest BCUT2D eigenvalue weighted by atomic mass is 32.2. The Hall–Kier alpha value is -1.57. The van der Waals surface area contributed by atoms with Crippen LogP contribution in [0.4, 0.5) is 13.2 Å². The molecule has 0 saturated heterocycles. The van der Waals surface area contributed by atoms with Crippen LogP contribution in [0, 0.1) is 0 Å². The Bertz CT molecular complexity index is 649. The molecule has 2 rings (SSSR count). The Kier molecular flexibility index (Phi) is 3.53. The van der Waals surface area contributed by atoms with Crippen LogP contribution in [-0.4, -0.2) is 25.2 Å². The van der Waals surface area contributed by atoms with Crippen LogP contribution < -0.4 is 0 Å². The lowest BCUT2D eigenvalue weighted by molar-refractivity contribution is -0.138. The predicted octanol–water partition coefficient (Wildman–Crippen LogP) is 2.44. The Morgan fingerprint density at radius 2 is 2.00 bits per heavy atom. The van der Waals surface area contributed by atoms with E-state index in [1.807, 2.05) is 0 Å². The van der Waals surface area contributed by atoms with E-state index in [0.717, 1.165) is 18.2 Å². The van der Waals surface area contributed by atoms with E-state index in [2.05, 4.69) is 0 Å². The molecule has 1 aliphatic heterocycles. The van der Waals surface area contributed by atoms with Gasteiger partial charge in [0.1, 0.15) is 0 Å². The third-order valence-electron chi connectivity index (χ3n) is 3.24. The van der Waals surface area contributed by atoms with Crippen molar-refractivity contribution in [2.45, 2.75) is 29.8 Å². The maximum atomic E-state index is 12.6. The van der Waals surface area contributed by atoms with Crippen molar-refractivity contribution in [3.63, 3.8) is 0 Å². The topological polar surface area (TPSA) is 71.4 Å². The first-order valence-corrected chi connectivity index (χ1v) is 7.42. The van der Waals surface area contributed by atoms with Gasteiger partial charge in [-0.2, -0.15) is 13.2 Å². The van der Waals surface area contributed by atoms with Gasteiger partial charge in [-0.25, -0.2) is 8.42 Å². The summed E-state index contributed by atoms with van der Waals surface area (Å²) in [5.74, 6) is -2.15. The Morgan fingerprint density at radius 3 is 2.55 bits per heavy atom. The van der Waals surface area contributed by atoms with Crippen molar-refractivity contribution >= 4 is 15.8 Å². The summed E-state index contributed by atoms with van der Waals surface area (Å²) in [7, 11) is -3.63. The largest absolute Gasteiger partial charge is 0.481 e. The fourth-order valence-electron chi connectivity index (χ4n) is 2.31. The van der Waals surface area contributed by atoms with E-state index in [9.17, 15) is 26.4 Å². The van der Waals surface area contributed by atoms with Crippen LogP contribution in [0.1, 0.15) is 29.9 Å². The Morgan fingerprint density at radius 1 is 1.35 bits per heavy atom. The summed E-state index contributed by atoms with van der Waals surface area (Å²) in [5, 5.41) is 8.61. The van der Waals surface area contributed by atoms with Crippen molar-refractivity contribution in [2.24, 2.45) is 0 Å². The first kappa shape index (κ1) is 14.8. The molecule has 0 saturated carbocycles. The molecule has 4 nitrogen and oxygen atoms in total. The zero-order valence-corrected chi connectivity index (χ0v) is 11.0. The molecule has 0 aromatic heterocycles. The van der Waals surface area contributed by atoms with Gasteiger partial charge in [-0.15, -0.1) is 0 Å². The van der Waals surface area contributed by atoms with Crippen LogP contribution in [0.5, 0.6) is 0 Å². The lowest BCUT2D eigenvalue weighted by Crippen LogP contribution is -2.07. The van der Waals surface area contributed by atoms with Crippen molar-refractivity contribution in [3.8, 4) is 0 Å². The number of hydrogen-bond acceptors (Lipinski definition) is 3. The lowest BCUT2D eigenvalue weighted by atomic mass is 9.95. The highest BCUT2D eigenvalue weighted by molar-refractivity contribution is 7.91. The number of carbonyl (C=O) groups is 1. The number of halogens is 3. The molecule has 1 unspecified atom stereocenters. The monoisotopic (exact) mass is 308 g/mol. The third kappa shape index (κ3) is 2.79. The van der Waals surface area contributed by atoms with Gasteiger partial charge in [-0.3, -0.25) is 4.79 Å². The molecule has 0 aliphatic carbocycles. The molecule has 1 atom stereocenters. The summed E-state index contributed by atoms with van der Waals surface area (Å²) < 4.78 is 61.6. The van der Waals surface area contributed by atoms with E-state index in [1.54, 1.807) is 0 Å². The highest BCUT2D eigenvalue weighted by Crippen LogP contribution is 2.41. The molecule has 0 bridgehead atoms. The van der Waals surface area contributed by atoms with Crippen molar-refractivity contribution < 1.29 is 31.5 Å². The van der Waals surface area contributed by atoms with Crippen molar-refractivity contribution in [1.29, 1.82) is 0 Å². The van der Waals surface area contributed by atoms with Crippen LogP contribution in [0.3, 0.4) is 0 Å². The van der Waals surface area contributed by atoms with Gasteiger partial charge in [0, 0.05) is 12.3 Å². The molecule has 1 aliphatic rings. The highest BCUT2D eigenvalue weighted by Gasteiger charge is 2.38. The maximum absolute atomic E-state index is 12.6. The first-order valence-electron chi connectivity index (χ1n) is 5.77. The average Bonchev–Trinajstić information content (AvgIpc) is 2.57. The zero-order chi connectivity index (χ0) is 15.1. The van der Waals surface area contributed by atoms with Gasteiger partial charge in [-0.05, 0) is 30.2 Å². The van der Waals surface area contributed by atoms with Crippen LogP contribution in [0.2, 0.25) is 0 Å². The normalized spacial score (nSPS) is 20.6. The first-order chi connectivity index (χ1) is 9.11. The van der Waals surface area contributed by atoms with Crippen LogP contribution in [0.25, 0.3) is 0 Å². The van der Waals surface area contributed by atoms with Crippen LogP contribution in [-0.2, 0) is 20.8 Å². The fourth-order valence-corrected chi connectivity index (χ4v) is 4.22. The second-order valence-electron chi connectivity index (χ2n) is 4.66. The number of rotatable bonds is 3. The molecule has 110 valence electrons. The second-order valence-corrected chi connectivity index (χ2v) is 6.66. The molecule has 0 fully saturated rings. The van der Waals surface area contributed by atoms with E-state index in [1.165, 1.54) is 0 Å². The quantitative estimate of drug-likeness (QED) is 0.931. The van der Waals surface area contributed by atoms with Gasteiger partial charge in [0.25, 0.3) is 0 Å². The summed E-state index contributed by atoms with van der Waals surface area (Å²) in [5.41, 5.74) is -0.852. The predicted molar refractivity (Wildman–Crippen MR) is 63.1 cm³/mol. The third-order valence-corrected chi connectivity index (χ3v) is 5.12. The second kappa shape index (κ2) is 4.76. The molecule has 1 heterocycles. The molecular formula is C12H11F3O4S. The van der Waals surface area contributed by atoms with Gasteiger partial charge in [0.05, 0.1) is 16.2 Å². The van der Waals surface area contributed by atoms with E-state index < -0.39 is 33.5 Å². The van der Waals surface area contributed by atoms with E-state index in [0.29, 0.717) is 0 Å². The number of fused-ring (bicyclic) bond motifs is 1.